The number of benzene rings is 1. The Bertz CT molecular complexity index is 828. The van der Waals surface area contributed by atoms with Crippen LogP contribution in [0.3, 0.4) is 0 Å². The summed E-state index contributed by atoms with van der Waals surface area (Å²) < 4.78 is 30.1. The van der Waals surface area contributed by atoms with Gasteiger partial charge >= 0.3 is 0 Å². The van der Waals surface area contributed by atoms with Gasteiger partial charge < -0.3 is 0 Å². The molecule has 6 heteroatoms. The Kier molecular flexibility index (Phi) is 4.52. The van der Waals surface area contributed by atoms with Crippen molar-refractivity contribution >= 4 is 5.91 Å². The number of nitrogens with one attached hydrogen (secondary N) is 1. The Morgan fingerprint density at radius 1 is 1.28 bits per heavy atom. The van der Waals surface area contributed by atoms with E-state index in [4.69, 9.17) is 5.21 Å². The van der Waals surface area contributed by atoms with Crippen LogP contribution in [-0.2, 0) is 13.0 Å². The molecule has 4 fully saturated rings. The first kappa shape index (κ1) is 19.4. The van der Waals surface area contributed by atoms with E-state index in [1.807, 2.05) is 0 Å². The maximum Gasteiger partial charge on any atom is 0.274 e. The van der Waals surface area contributed by atoms with Gasteiger partial charge in [0.1, 0.15) is 11.5 Å². The first-order valence-electron chi connectivity index (χ1n) is 11.0. The summed E-state index contributed by atoms with van der Waals surface area (Å²) in [6.45, 7) is 3.57. The zero-order valence-corrected chi connectivity index (χ0v) is 17.0. The monoisotopic (exact) mass is 404 g/mol. The molecule has 1 aromatic carbocycles. The van der Waals surface area contributed by atoms with Crippen LogP contribution in [0.5, 0.6) is 0 Å². The lowest BCUT2D eigenvalue weighted by molar-refractivity contribution is -0.136. The molecule has 4 saturated carbocycles. The Morgan fingerprint density at radius 2 is 2.00 bits per heavy atom. The van der Waals surface area contributed by atoms with Crippen LogP contribution in [0.15, 0.2) is 12.1 Å². The largest absolute Gasteiger partial charge is 0.295 e. The molecular weight excluding hydrogens is 374 g/mol. The second kappa shape index (κ2) is 6.74. The van der Waals surface area contributed by atoms with Gasteiger partial charge in [0.2, 0.25) is 0 Å². The first-order valence-corrected chi connectivity index (χ1v) is 11.0. The van der Waals surface area contributed by atoms with Crippen molar-refractivity contribution in [3.63, 3.8) is 0 Å². The van der Waals surface area contributed by atoms with Crippen molar-refractivity contribution in [1.82, 2.24) is 10.4 Å². The summed E-state index contributed by atoms with van der Waals surface area (Å²) in [5.41, 5.74) is 2.29. The lowest BCUT2D eigenvalue weighted by Crippen LogP contribution is -2.58. The van der Waals surface area contributed by atoms with Gasteiger partial charge in [-0.1, -0.05) is 6.92 Å². The van der Waals surface area contributed by atoms with Gasteiger partial charge in [0.05, 0.1) is 0 Å². The Balaban J connectivity index is 1.43. The predicted octanol–water partition coefficient (Wildman–Crippen LogP) is 4.39. The van der Waals surface area contributed by atoms with Crippen molar-refractivity contribution in [2.75, 3.05) is 6.54 Å². The highest BCUT2D eigenvalue weighted by Crippen LogP contribution is 2.63. The molecule has 0 aromatic heterocycles. The van der Waals surface area contributed by atoms with E-state index in [0.717, 1.165) is 44.2 Å². The van der Waals surface area contributed by atoms with Crippen LogP contribution in [0.2, 0.25) is 0 Å². The molecule has 1 heterocycles. The van der Waals surface area contributed by atoms with E-state index in [9.17, 15) is 9.18 Å². The van der Waals surface area contributed by atoms with Crippen LogP contribution in [0, 0.1) is 23.1 Å². The molecule has 6 rings (SSSR count). The highest BCUT2D eigenvalue weighted by Gasteiger charge is 2.58. The number of alkyl halides is 1. The minimum absolute atomic E-state index is 0.0440. The molecule has 5 aliphatic rings. The summed E-state index contributed by atoms with van der Waals surface area (Å²) in [6.07, 6.45) is 7.13. The summed E-state index contributed by atoms with van der Waals surface area (Å²) >= 11 is 0. The third-order valence-electron chi connectivity index (χ3n) is 8.10. The fraction of sp³-hybridized carbons (Fsp3) is 0.696. The van der Waals surface area contributed by atoms with Gasteiger partial charge in [-0.05, 0) is 91.9 Å². The molecular formula is C23H30F2N2O2. The molecule has 29 heavy (non-hydrogen) atoms. The van der Waals surface area contributed by atoms with Crippen LogP contribution in [0.1, 0.15) is 73.4 Å². The van der Waals surface area contributed by atoms with Crippen LogP contribution in [0.25, 0.3) is 0 Å². The van der Waals surface area contributed by atoms with E-state index < -0.39 is 11.6 Å². The minimum atomic E-state index is -0.974. The fourth-order valence-electron chi connectivity index (χ4n) is 7.51. The van der Waals surface area contributed by atoms with Gasteiger partial charge in [-0.3, -0.25) is 14.9 Å². The summed E-state index contributed by atoms with van der Waals surface area (Å²) in [5, 5.41) is 8.91. The summed E-state index contributed by atoms with van der Waals surface area (Å²) in [6, 6.07) is 3.14. The second-order valence-electron chi connectivity index (χ2n) is 10.3. The molecule has 1 aromatic rings. The summed E-state index contributed by atoms with van der Waals surface area (Å²) in [4.78, 5) is 14.2. The van der Waals surface area contributed by atoms with E-state index in [2.05, 4.69) is 11.8 Å². The molecule has 1 amide bonds. The van der Waals surface area contributed by atoms with Crippen LogP contribution >= 0.6 is 0 Å². The number of rotatable bonds is 4. The number of amides is 1. The average Bonchev–Trinajstić information content (AvgIpc) is 2.64. The topological polar surface area (TPSA) is 52.6 Å². The summed E-state index contributed by atoms with van der Waals surface area (Å²) in [7, 11) is 0. The minimum Gasteiger partial charge on any atom is -0.295 e. The molecule has 4 bridgehead atoms. The Hall–Kier alpha value is -1.53. The van der Waals surface area contributed by atoms with Crippen molar-refractivity contribution in [3.8, 4) is 0 Å². The number of carbonyl (C=O) groups excluding carboxylic acids is 1. The lowest BCUT2D eigenvalue weighted by Gasteiger charge is -2.60. The van der Waals surface area contributed by atoms with Crippen molar-refractivity contribution in [3.05, 3.63) is 34.6 Å². The second-order valence-corrected chi connectivity index (χ2v) is 10.3. The van der Waals surface area contributed by atoms with E-state index in [1.165, 1.54) is 12.5 Å². The predicted molar refractivity (Wildman–Crippen MR) is 105 cm³/mol. The number of carbonyl (C=O) groups is 1. The first-order chi connectivity index (χ1) is 13.8. The van der Waals surface area contributed by atoms with Crippen molar-refractivity contribution in [2.24, 2.45) is 17.3 Å². The highest BCUT2D eigenvalue weighted by atomic mass is 19.1. The van der Waals surface area contributed by atoms with Crippen molar-refractivity contribution < 1.29 is 18.8 Å². The van der Waals surface area contributed by atoms with Gasteiger partial charge in [-0.2, -0.15) is 0 Å². The molecule has 4 nitrogen and oxygen atoms in total. The molecule has 3 atom stereocenters. The van der Waals surface area contributed by atoms with Gasteiger partial charge in [-0.15, -0.1) is 0 Å². The Labute approximate surface area is 170 Å². The molecule has 0 radical (unpaired) electrons. The Morgan fingerprint density at radius 3 is 2.62 bits per heavy atom. The maximum atomic E-state index is 15.4. The molecule has 0 spiro atoms. The molecule has 2 N–H and O–H groups in total. The molecule has 4 aliphatic carbocycles. The van der Waals surface area contributed by atoms with E-state index >= 15 is 4.39 Å². The number of hydrogen-bond donors (Lipinski definition) is 2. The number of nitrogens with zero attached hydrogens (tertiary/aromatic N) is 1. The van der Waals surface area contributed by atoms with Gasteiger partial charge in [0, 0.05) is 24.7 Å². The third-order valence-corrected chi connectivity index (χ3v) is 8.10. The smallest absolute Gasteiger partial charge is 0.274 e. The van der Waals surface area contributed by atoms with E-state index in [1.54, 1.807) is 11.5 Å². The van der Waals surface area contributed by atoms with Crippen LogP contribution < -0.4 is 5.48 Å². The van der Waals surface area contributed by atoms with E-state index in [0.29, 0.717) is 36.8 Å². The van der Waals surface area contributed by atoms with Crippen LogP contribution in [-0.4, -0.2) is 34.3 Å². The standard InChI is InChI=1S/C23H30F2N2O2/c1-2-18-6-19-17(4-16(5-20(19)24)21(28)26-29)11-27(18)13-22-7-14-3-15(8-22)10-23(25,9-14)12-22/h4-5,14-15,18,29H,2-3,6-13H2,1H3,(H,26,28)/t14?,15?,18-,22?,23?/m1/s1. The zero-order valence-electron chi connectivity index (χ0n) is 17.0. The highest BCUT2D eigenvalue weighted by molar-refractivity contribution is 5.93. The molecule has 158 valence electrons. The van der Waals surface area contributed by atoms with Gasteiger partial charge in [0.15, 0.2) is 0 Å². The number of fused-ring (bicyclic) bond motifs is 1. The number of hydrogen-bond acceptors (Lipinski definition) is 3. The van der Waals surface area contributed by atoms with E-state index in [-0.39, 0.29) is 22.8 Å². The molecule has 2 unspecified atom stereocenters. The lowest BCUT2D eigenvalue weighted by atomic mass is 9.48. The quantitative estimate of drug-likeness (QED) is 0.578. The van der Waals surface area contributed by atoms with Crippen LogP contribution in [0.4, 0.5) is 8.78 Å². The van der Waals surface area contributed by atoms with Crippen molar-refractivity contribution in [1.29, 1.82) is 0 Å². The molecule has 0 saturated heterocycles. The zero-order chi connectivity index (χ0) is 20.4. The number of halogens is 2. The number of hydroxylamine groups is 1. The maximum absolute atomic E-state index is 15.4. The average molecular weight is 405 g/mol. The SMILES string of the molecule is CC[C@@H]1Cc2c(F)cc(C(=O)NO)cc2CN1CC12CC3CC(CC(F)(C3)C1)C2. The van der Waals surface area contributed by atoms with Crippen molar-refractivity contribution in [2.45, 2.75) is 76.5 Å². The normalized spacial score (nSPS) is 38.1. The van der Waals surface area contributed by atoms with Gasteiger partial charge in [0.25, 0.3) is 5.91 Å². The fourth-order valence-corrected chi connectivity index (χ4v) is 7.51. The summed E-state index contributed by atoms with van der Waals surface area (Å²) in [5.74, 6) is -0.0283. The third kappa shape index (κ3) is 3.28. The molecule has 1 aliphatic heterocycles. The van der Waals surface area contributed by atoms with Gasteiger partial charge in [-0.25, -0.2) is 14.3 Å².